The van der Waals surface area contributed by atoms with Crippen LogP contribution in [0.1, 0.15) is 17.7 Å². The molecule has 5 nitrogen and oxygen atoms in total. The number of thiazole rings is 1. The van der Waals surface area contributed by atoms with Crippen molar-refractivity contribution in [2.45, 2.75) is 19.8 Å². The van der Waals surface area contributed by atoms with Crippen molar-refractivity contribution in [3.8, 4) is 11.3 Å². The summed E-state index contributed by atoms with van der Waals surface area (Å²) < 4.78 is 0. The van der Waals surface area contributed by atoms with Crippen molar-refractivity contribution in [3.63, 3.8) is 0 Å². The quantitative estimate of drug-likeness (QED) is 0.830. The Balaban J connectivity index is 1.78. The highest BCUT2D eigenvalue weighted by Gasteiger charge is 2.34. The number of allylic oxidation sites excluding steroid dienone is 2. The van der Waals surface area contributed by atoms with Gasteiger partial charge in [-0.15, -0.1) is 11.3 Å². The van der Waals surface area contributed by atoms with Gasteiger partial charge in [0.25, 0.3) is 0 Å². The molecule has 1 aliphatic rings. The third-order valence-electron chi connectivity index (χ3n) is 4.16. The summed E-state index contributed by atoms with van der Waals surface area (Å²) in [6.07, 6.45) is 4.52. The molecule has 0 fully saturated rings. The number of anilines is 1. The number of hydrogen-bond donors (Lipinski definition) is 2. The Morgan fingerprint density at radius 2 is 1.83 bits per heavy atom. The first kappa shape index (κ1) is 16.4. The number of carbonyl (C=O) groups excluding carboxylic acids is 1. The molecule has 124 valence electrons. The van der Waals surface area contributed by atoms with Crippen LogP contribution in [0.15, 0.2) is 42.5 Å². The fourth-order valence-electron chi connectivity index (χ4n) is 2.89. The van der Waals surface area contributed by atoms with E-state index in [1.54, 1.807) is 0 Å². The number of aromatic nitrogens is 1. The van der Waals surface area contributed by atoms with Crippen LogP contribution in [0.25, 0.3) is 11.3 Å². The van der Waals surface area contributed by atoms with E-state index in [1.807, 2.05) is 49.4 Å². The van der Waals surface area contributed by atoms with E-state index < -0.39 is 17.8 Å². The molecular formula is C18H18N2O3S. The zero-order chi connectivity index (χ0) is 17.1. The molecule has 1 heterocycles. The van der Waals surface area contributed by atoms with Crippen molar-refractivity contribution in [1.29, 1.82) is 0 Å². The van der Waals surface area contributed by atoms with E-state index in [9.17, 15) is 14.7 Å². The minimum atomic E-state index is -0.931. The van der Waals surface area contributed by atoms with Crippen LogP contribution >= 0.6 is 11.3 Å². The second-order valence-electron chi connectivity index (χ2n) is 5.77. The Morgan fingerprint density at radius 1 is 1.17 bits per heavy atom. The Hall–Kier alpha value is -2.47. The summed E-state index contributed by atoms with van der Waals surface area (Å²) in [5, 5.41) is 12.6. The van der Waals surface area contributed by atoms with Gasteiger partial charge in [0.15, 0.2) is 5.13 Å². The molecule has 1 aromatic carbocycles. The van der Waals surface area contributed by atoms with Crippen LogP contribution in [-0.4, -0.2) is 22.0 Å². The van der Waals surface area contributed by atoms with E-state index in [1.165, 1.54) is 11.3 Å². The fourth-order valence-corrected chi connectivity index (χ4v) is 3.73. The molecule has 0 aliphatic heterocycles. The normalized spacial score (nSPS) is 19.9. The number of carboxylic acid groups (broad SMARTS) is 1. The van der Waals surface area contributed by atoms with Gasteiger partial charge in [-0.2, -0.15) is 0 Å². The molecule has 0 saturated carbocycles. The molecule has 1 amide bonds. The summed E-state index contributed by atoms with van der Waals surface area (Å²) >= 11 is 1.40. The second-order valence-corrected chi connectivity index (χ2v) is 6.98. The number of nitrogens with one attached hydrogen (secondary N) is 1. The summed E-state index contributed by atoms with van der Waals surface area (Å²) in [7, 11) is 0. The monoisotopic (exact) mass is 342 g/mol. The lowest BCUT2D eigenvalue weighted by Crippen LogP contribution is -2.34. The van der Waals surface area contributed by atoms with Gasteiger partial charge in [0.2, 0.25) is 5.91 Å². The highest BCUT2D eigenvalue weighted by molar-refractivity contribution is 7.16. The van der Waals surface area contributed by atoms with E-state index in [0.29, 0.717) is 18.0 Å². The SMILES string of the molecule is Cc1sc(NC(=O)[C@H]2CC=CC[C@@H]2C(=O)O)nc1-c1ccccc1. The van der Waals surface area contributed by atoms with Crippen molar-refractivity contribution in [3.05, 3.63) is 47.4 Å². The van der Waals surface area contributed by atoms with Crippen molar-refractivity contribution >= 4 is 28.3 Å². The van der Waals surface area contributed by atoms with Gasteiger partial charge < -0.3 is 10.4 Å². The van der Waals surface area contributed by atoms with Gasteiger partial charge in [-0.25, -0.2) is 4.98 Å². The van der Waals surface area contributed by atoms with Crippen LogP contribution in [0.2, 0.25) is 0 Å². The van der Waals surface area contributed by atoms with Gasteiger partial charge in [-0.3, -0.25) is 9.59 Å². The number of hydrogen-bond acceptors (Lipinski definition) is 4. The summed E-state index contributed by atoms with van der Waals surface area (Å²) in [6.45, 7) is 1.96. The highest BCUT2D eigenvalue weighted by atomic mass is 32.1. The van der Waals surface area contributed by atoms with Gasteiger partial charge >= 0.3 is 5.97 Å². The molecule has 1 aromatic heterocycles. The molecular weight excluding hydrogens is 324 g/mol. The number of amides is 1. The molecule has 1 aliphatic carbocycles. The molecule has 0 spiro atoms. The van der Waals surface area contributed by atoms with Crippen LogP contribution < -0.4 is 5.32 Å². The van der Waals surface area contributed by atoms with Crippen LogP contribution in [0.4, 0.5) is 5.13 Å². The van der Waals surface area contributed by atoms with Gasteiger partial charge in [-0.1, -0.05) is 42.5 Å². The van der Waals surface area contributed by atoms with Crippen molar-refractivity contribution < 1.29 is 14.7 Å². The minimum Gasteiger partial charge on any atom is -0.481 e. The molecule has 2 aromatic rings. The minimum absolute atomic E-state index is 0.278. The third-order valence-corrected chi connectivity index (χ3v) is 5.05. The zero-order valence-corrected chi connectivity index (χ0v) is 14.0. The molecule has 0 bridgehead atoms. The number of benzene rings is 1. The molecule has 3 rings (SSSR count). The Kier molecular flexibility index (Phi) is 4.76. The maximum Gasteiger partial charge on any atom is 0.307 e. The maximum atomic E-state index is 12.5. The average Bonchev–Trinajstić information content (AvgIpc) is 2.96. The third kappa shape index (κ3) is 3.38. The van der Waals surface area contributed by atoms with Crippen LogP contribution in [0.5, 0.6) is 0 Å². The zero-order valence-electron chi connectivity index (χ0n) is 13.2. The van der Waals surface area contributed by atoms with Gasteiger partial charge in [0, 0.05) is 10.4 Å². The first-order chi connectivity index (χ1) is 11.6. The number of aryl methyl sites for hydroxylation is 1. The molecule has 2 N–H and O–H groups in total. The smallest absolute Gasteiger partial charge is 0.307 e. The lowest BCUT2D eigenvalue weighted by Gasteiger charge is -2.23. The van der Waals surface area contributed by atoms with Crippen LogP contribution in [0, 0.1) is 18.8 Å². The van der Waals surface area contributed by atoms with Gasteiger partial charge in [0.1, 0.15) is 0 Å². The van der Waals surface area contributed by atoms with Crippen molar-refractivity contribution in [2.75, 3.05) is 5.32 Å². The molecule has 0 saturated heterocycles. The van der Waals surface area contributed by atoms with E-state index in [4.69, 9.17) is 0 Å². The number of nitrogens with zero attached hydrogens (tertiary/aromatic N) is 1. The van der Waals surface area contributed by atoms with E-state index >= 15 is 0 Å². The first-order valence-corrected chi connectivity index (χ1v) is 8.59. The Morgan fingerprint density at radius 3 is 2.50 bits per heavy atom. The largest absolute Gasteiger partial charge is 0.481 e. The maximum absolute atomic E-state index is 12.5. The van der Waals surface area contributed by atoms with E-state index in [0.717, 1.165) is 16.1 Å². The predicted octanol–water partition coefficient (Wildman–Crippen LogP) is 3.72. The van der Waals surface area contributed by atoms with Gasteiger partial charge in [-0.05, 0) is 19.8 Å². The summed E-state index contributed by atoms with van der Waals surface area (Å²) in [6, 6.07) is 9.77. The topological polar surface area (TPSA) is 79.3 Å². The number of rotatable bonds is 4. The van der Waals surface area contributed by atoms with E-state index in [2.05, 4.69) is 10.3 Å². The molecule has 6 heteroatoms. The first-order valence-electron chi connectivity index (χ1n) is 7.78. The number of carboxylic acids is 1. The fraction of sp³-hybridized carbons (Fsp3) is 0.278. The summed E-state index contributed by atoms with van der Waals surface area (Å²) in [5.74, 6) is -2.44. The Labute approximate surface area is 144 Å². The molecule has 0 radical (unpaired) electrons. The number of aliphatic carboxylic acids is 1. The lowest BCUT2D eigenvalue weighted by molar-refractivity contribution is -0.146. The summed E-state index contributed by atoms with van der Waals surface area (Å²) in [4.78, 5) is 29.4. The van der Waals surface area contributed by atoms with Crippen LogP contribution in [0.3, 0.4) is 0 Å². The van der Waals surface area contributed by atoms with Crippen LogP contribution in [-0.2, 0) is 9.59 Å². The standard InChI is InChI=1S/C18H18N2O3S/c1-11-15(12-7-3-2-4-8-12)19-18(24-11)20-16(21)13-9-5-6-10-14(13)17(22)23/h2-8,13-14H,9-10H2,1H3,(H,22,23)(H,19,20,21)/t13-,14-/m0/s1. The Bertz CT molecular complexity index is 783. The highest BCUT2D eigenvalue weighted by Crippen LogP contribution is 2.32. The average molecular weight is 342 g/mol. The predicted molar refractivity (Wildman–Crippen MR) is 93.9 cm³/mol. The van der Waals surface area contributed by atoms with E-state index in [-0.39, 0.29) is 5.91 Å². The van der Waals surface area contributed by atoms with Crippen molar-refractivity contribution in [1.82, 2.24) is 4.98 Å². The lowest BCUT2D eigenvalue weighted by atomic mass is 9.82. The van der Waals surface area contributed by atoms with Crippen molar-refractivity contribution in [2.24, 2.45) is 11.8 Å². The molecule has 0 unspecified atom stereocenters. The molecule has 24 heavy (non-hydrogen) atoms. The second kappa shape index (κ2) is 6.97. The summed E-state index contributed by atoms with van der Waals surface area (Å²) in [5.41, 5.74) is 1.84. The number of carbonyl (C=O) groups is 2. The molecule has 2 atom stereocenters. The van der Waals surface area contributed by atoms with Gasteiger partial charge in [0.05, 0.1) is 17.5 Å².